The van der Waals surface area contributed by atoms with Crippen LogP contribution in [-0.4, -0.2) is 42.2 Å². The van der Waals surface area contributed by atoms with Gasteiger partial charge in [-0.25, -0.2) is 8.42 Å². The third-order valence-electron chi connectivity index (χ3n) is 4.75. The van der Waals surface area contributed by atoms with E-state index in [0.29, 0.717) is 35.8 Å². The lowest BCUT2D eigenvalue weighted by Crippen LogP contribution is -2.35. The van der Waals surface area contributed by atoms with Crippen LogP contribution in [0.3, 0.4) is 0 Å². The molecular weight excluding hydrogens is 412 g/mol. The topological polar surface area (TPSA) is 95.2 Å². The monoisotopic (exact) mass is 430 g/mol. The van der Waals surface area contributed by atoms with Gasteiger partial charge in [0.15, 0.2) is 0 Å². The Bertz CT molecular complexity index is 1170. The third-order valence-corrected chi connectivity index (χ3v) is 5.60. The zero-order chi connectivity index (χ0) is 20.6. The van der Waals surface area contributed by atoms with Crippen LogP contribution in [0.15, 0.2) is 48.5 Å². The first-order valence-electron chi connectivity index (χ1n) is 8.99. The fourth-order valence-electron chi connectivity index (χ4n) is 3.42. The van der Waals surface area contributed by atoms with Gasteiger partial charge in [-0.3, -0.25) is 14.6 Å². The van der Waals surface area contributed by atoms with Gasteiger partial charge in [0.1, 0.15) is 0 Å². The number of halogens is 1. The zero-order valence-corrected chi connectivity index (χ0v) is 17.2. The van der Waals surface area contributed by atoms with E-state index in [-0.39, 0.29) is 5.91 Å². The number of hydrogen-bond donors (Lipinski definition) is 2. The summed E-state index contributed by atoms with van der Waals surface area (Å²) in [5.74, 6) is -0.111. The number of sulfonamides is 1. The van der Waals surface area contributed by atoms with Crippen molar-refractivity contribution in [2.45, 2.75) is 13.0 Å². The second kappa shape index (κ2) is 7.53. The molecule has 1 amide bonds. The first-order valence-corrected chi connectivity index (χ1v) is 11.3. The van der Waals surface area contributed by atoms with E-state index in [1.165, 1.54) is 0 Å². The molecule has 1 aliphatic rings. The first-order chi connectivity index (χ1) is 13.8. The van der Waals surface area contributed by atoms with Crippen molar-refractivity contribution in [1.82, 2.24) is 15.1 Å². The number of rotatable bonds is 4. The highest BCUT2D eigenvalue weighted by Gasteiger charge is 2.26. The third kappa shape index (κ3) is 4.28. The summed E-state index contributed by atoms with van der Waals surface area (Å²) in [4.78, 5) is 14.7. The molecule has 2 N–H and O–H groups in total. The largest absolute Gasteiger partial charge is 0.334 e. The number of benzene rings is 2. The van der Waals surface area contributed by atoms with Gasteiger partial charge in [-0.05, 0) is 36.4 Å². The number of anilines is 1. The summed E-state index contributed by atoms with van der Waals surface area (Å²) in [6.07, 6.45) is 1.77. The molecule has 0 saturated heterocycles. The Balaban J connectivity index is 1.55. The molecule has 29 heavy (non-hydrogen) atoms. The van der Waals surface area contributed by atoms with Crippen LogP contribution in [0.5, 0.6) is 0 Å². The van der Waals surface area contributed by atoms with Gasteiger partial charge < -0.3 is 4.90 Å². The molecule has 0 saturated carbocycles. The van der Waals surface area contributed by atoms with Crippen LogP contribution in [0.25, 0.3) is 11.3 Å². The Hall–Kier alpha value is -2.84. The number of fused-ring (bicyclic) bond motifs is 1. The molecule has 0 bridgehead atoms. The molecule has 2 aromatic carbocycles. The molecule has 0 radical (unpaired) electrons. The minimum absolute atomic E-state index is 0.111. The summed E-state index contributed by atoms with van der Waals surface area (Å²) in [5, 5.41) is 8.14. The van der Waals surface area contributed by atoms with Gasteiger partial charge in [0.25, 0.3) is 5.91 Å². The van der Waals surface area contributed by atoms with Crippen molar-refractivity contribution in [2.75, 3.05) is 17.5 Å². The van der Waals surface area contributed by atoms with Gasteiger partial charge in [-0.2, -0.15) is 5.10 Å². The molecular formula is C20H19ClN4O3S. The Kier molecular flexibility index (Phi) is 5.06. The lowest BCUT2D eigenvalue weighted by atomic mass is 10.0. The Morgan fingerprint density at radius 2 is 1.97 bits per heavy atom. The van der Waals surface area contributed by atoms with Gasteiger partial charge in [-0.15, -0.1) is 0 Å². The van der Waals surface area contributed by atoms with Crippen LogP contribution in [0.1, 0.15) is 21.6 Å². The number of H-pyrrole nitrogens is 1. The van der Waals surface area contributed by atoms with Crippen molar-refractivity contribution in [3.05, 3.63) is 70.4 Å². The predicted molar refractivity (Wildman–Crippen MR) is 112 cm³/mol. The number of nitrogens with zero attached hydrogens (tertiary/aromatic N) is 2. The number of amides is 1. The summed E-state index contributed by atoms with van der Waals surface area (Å²) in [5.41, 5.74) is 4.63. The van der Waals surface area contributed by atoms with E-state index in [1.807, 2.05) is 24.3 Å². The fourth-order valence-corrected chi connectivity index (χ4v) is 4.17. The standard InChI is InChI=1S/C20H19ClN4O3S/c1-29(27,28)24-16-7-5-13(6-8-16)20(26)25-10-9-18-17(12-25)19(23-22-18)14-3-2-4-15(21)11-14/h2-8,11,24H,9-10,12H2,1H3,(H,22,23). The van der Waals surface area contributed by atoms with E-state index in [1.54, 1.807) is 29.2 Å². The Morgan fingerprint density at radius 3 is 2.66 bits per heavy atom. The van der Waals surface area contributed by atoms with E-state index in [2.05, 4.69) is 14.9 Å². The van der Waals surface area contributed by atoms with Crippen LogP contribution < -0.4 is 4.72 Å². The van der Waals surface area contributed by atoms with Crippen molar-refractivity contribution in [3.63, 3.8) is 0 Å². The van der Waals surface area contributed by atoms with Crippen molar-refractivity contribution in [3.8, 4) is 11.3 Å². The van der Waals surface area contributed by atoms with Gasteiger partial charge in [0.05, 0.1) is 11.9 Å². The summed E-state index contributed by atoms with van der Waals surface area (Å²) in [6, 6.07) is 13.9. The molecule has 9 heteroatoms. The normalized spacial score (nSPS) is 13.8. The summed E-state index contributed by atoms with van der Waals surface area (Å²) in [7, 11) is -3.36. The highest BCUT2D eigenvalue weighted by molar-refractivity contribution is 7.92. The smallest absolute Gasteiger partial charge is 0.254 e. The van der Waals surface area contributed by atoms with Gasteiger partial charge in [0, 0.05) is 52.6 Å². The number of aromatic amines is 1. The molecule has 0 fully saturated rings. The average Bonchev–Trinajstić information content (AvgIpc) is 3.10. The van der Waals surface area contributed by atoms with Gasteiger partial charge >= 0.3 is 0 Å². The second-order valence-corrected chi connectivity index (χ2v) is 9.15. The SMILES string of the molecule is CS(=O)(=O)Nc1ccc(C(=O)N2CCc3[nH]nc(-c4cccc(Cl)c4)c3C2)cc1. The number of carbonyl (C=O) groups excluding carboxylic acids is 1. The van der Waals surface area contributed by atoms with Crippen molar-refractivity contribution in [1.29, 1.82) is 0 Å². The number of nitrogens with one attached hydrogen (secondary N) is 2. The number of hydrogen-bond acceptors (Lipinski definition) is 4. The van der Waals surface area contributed by atoms with Crippen LogP contribution in [0, 0.1) is 0 Å². The van der Waals surface area contributed by atoms with E-state index < -0.39 is 10.0 Å². The Morgan fingerprint density at radius 1 is 1.21 bits per heavy atom. The fraction of sp³-hybridized carbons (Fsp3) is 0.200. The van der Waals surface area contributed by atoms with E-state index in [9.17, 15) is 13.2 Å². The minimum atomic E-state index is -3.36. The van der Waals surface area contributed by atoms with E-state index in [0.717, 1.165) is 28.8 Å². The van der Waals surface area contributed by atoms with E-state index in [4.69, 9.17) is 11.6 Å². The molecule has 0 atom stereocenters. The lowest BCUT2D eigenvalue weighted by Gasteiger charge is -2.27. The van der Waals surface area contributed by atoms with Crippen molar-refractivity contribution in [2.24, 2.45) is 0 Å². The average molecular weight is 431 g/mol. The Labute approximate surface area is 173 Å². The minimum Gasteiger partial charge on any atom is -0.334 e. The molecule has 1 aromatic heterocycles. The molecule has 3 aromatic rings. The highest BCUT2D eigenvalue weighted by Crippen LogP contribution is 2.30. The lowest BCUT2D eigenvalue weighted by molar-refractivity contribution is 0.0734. The molecule has 7 nitrogen and oxygen atoms in total. The summed E-state index contributed by atoms with van der Waals surface area (Å²) in [6.45, 7) is 1.02. The molecule has 0 unspecified atom stereocenters. The molecule has 0 aliphatic carbocycles. The van der Waals surface area contributed by atoms with Gasteiger partial charge in [0.2, 0.25) is 10.0 Å². The predicted octanol–water partition coefficient (Wildman–Crippen LogP) is 3.30. The van der Waals surface area contributed by atoms with Crippen LogP contribution >= 0.6 is 11.6 Å². The first kappa shape index (κ1) is 19.5. The highest BCUT2D eigenvalue weighted by atomic mass is 35.5. The summed E-state index contributed by atoms with van der Waals surface area (Å²) >= 11 is 6.11. The number of aromatic nitrogens is 2. The molecule has 150 valence electrons. The van der Waals surface area contributed by atoms with Crippen LogP contribution in [0.2, 0.25) is 5.02 Å². The maximum absolute atomic E-state index is 13.0. The maximum Gasteiger partial charge on any atom is 0.254 e. The van der Waals surface area contributed by atoms with Gasteiger partial charge in [-0.1, -0.05) is 23.7 Å². The molecule has 0 spiro atoms. The van der Waals surface area contributed by atoms with E-state index >= 15 is 0 Å². The zero-order valence-electron chi connectivity index (χ0n) is 15.6. The quantitative estimate of drug-likeness (QED) is 0.663. The van der Waals surface area contributed by atoms with Crippen LogP contribution in [0.4, 0.5) is 5.69 Å². The molecule has 1 aliphatic heterocycles. The van der Waals surface area contributed by atoms with Crippen LogP contribution in [-0.2, 0) is 23.0 Å². The summed E-state index contributed by atoms with van der Waals surface area (Å²) < 4.78 is 25.0. The molecule has 2 heterocycles. The number of carbonyl (C=O) groups is 1. The van der Waals surface area contributed by atoms with Crippen molar-refractivity contribution >= 4 is 33.2 Å². The maximum atomic E-state index is 13.0. The molecule has 4 rings (SSSR count). The van der Waals surface area contributed by atoms with Crippen molar-refractivity contribution < 1.29 is 13.2 Å². The second-order valence-electron chi connectivity index (χ2n) is 6.97.